The van der Waals surface area contributed by atoms with Gasteiger partial charge in [-0.05, 0) is 48.9 Å². The Bertz CT molecular complexity index is 329. The summed E-state index contributed by atoms with van der Waals surface area (Å²) < 4.78 is 12.6. The van der Waals surface area contributed by atoms with Crippen LogP contribution in [0.15, 0.2) is 18.2 Å². The molecule has 0 bridgehead atoms. The number of hydrogen-bond acceptors (Lipinski definition) is 1. The van der Waals surface area contributed by atoms with Crippen LogP contribution in [0.4, 0.5) is 4.39 Å². The fourth-order valence-corrected chi connectivity index (χ4v) is 2.33. The predicted molar refractivity (Wildman–Crippen MR) is 60.8 cm³/mol. The lowest BCUT2D eigenvalue weighted by Gasteiger charge is -2.25. The van der Waals surface area contributed by atoms with Gasteiger partial charge in [-0.3, -0.25) is 0 Å². The van der Waals surface area contributed by atoms with Gasteiger partial charge in [0.25, 0.3) is 0 Å². The van der Waals surface area contributed by atoms with Crippen LogP contribution in [0.2, 0.25) is 0 Å². The minimum absolute atomic E-state index is 0.354. The fraction of sp³-hybridized carbons (Fsp3) is 0.538. The average molecular weight is 207 g/mol. The first-order valence-corrected chi connectivity index (χ1v) is 5.67. The van der Waals surface area contributed by atoms with Crippen LogP contribution in [-0.4, -0.2) is 13.1 Å². The van der Waals surface area contributed by atoms with Crippen molar-refractivity contribution >= 4 is 0 Å². The number of nitrogens with one attached hydrogen (secondary N) is 1. The Hall–Kier alpha value is -0.890. The van der Waals surface area contributed by atoms with Gasteiger partial charge in [0.1, 0.15) is 6.67 Å². The first-order chi connectivity index (χ1) is 7.31. The summed E-state index contributed by atoms with van der Waals surface area (Å²) in [6.45, 7) is 3.92. The molecule has 1 atom stereocenters. The number of halogens is 1. The van der Waals surface area contributed by atoms with E-state index in [1.165, 1.54) is 24.0 Å². The van der Waals surface area contributed by atoms with E-state index < -0.39 is 0 Å². The molecule has 1 aliphatic heterocycles. The molecule has 1 nitrogen and oxygen atoms in total. The minimum Gasteiger partial charge on any atom is -0.316 e. The van der Waals surface area contributed by atoms with Crippen molar-refractivity contribution < 1.29 is 4.39 Å². The molecular weight excluding hydrogens is 189 g/mol. The number of rotatable bonds is 2. The lowest BCUT2D eigenvalue weighted by atomic mass is 9.88. The Morgan fingerprint density at radius 2 is 2.33 bits per heavy atom. The second-order valence-electron chi connectivity index (χ2n) is 4.37. The Morgan fingerprint density at radius 3 is 3.00 bits per heavy atom. The summed E-state index contributed by atoms with van der Waals surface area (Å²) in [6.07, 6.45) is 2.45. The second-order valence-corrected chi connectivity index (χ2v) is 4.37. The Balaban J connectivity index is 2.24. The highest BCUT2D eigenvalue weighted by atomic mass is 19.1. The van der Waals surface area contributed by atoms with E-state index in [1.54, 1.807) is 0 Å². The van der Waals surface area contributed by atoms with Crippen molar-refractivity contribution in [3.05, 3.63) is 34.9 Å². The molecule has 0 amide bonds. The van der Waals surface area contributed by atoms with Gasteiger partial charge in [-0.25, -0.2) is 4.39 Å². The van der Waals surface area contributed by atoms with Gasteiger partial charge in [-0.2, -0.15) is 0 Å². The fourth-order valence-electron chi connectivity index (χ4n) is 2.33. The summed E-state index contributed by atoms with van der Waals surface area (Å²) in [7, 11) is 0. The topological polar surface area (TPSA) is 12.0 Å². The standard InChI is InChI=1S/C13H18FN/c1-10-4-5-11(8-14)7-13(10)12-3-2-6-15-9-12/h4-5,7,12,15H,2-3,6,8-9H2,1H3. The van der Waals surface area contributed by atoms with Crippen molar-refractivity contribution in [3.8, 4) is 0 Å². The molecule has 15 heavy (non-hydrogen) atoms. The monoisotopic (exact) mass is 207 g/mol. The largest absolute Gasteiger partial charge is 0.316 e. The molecule has 0 aromatic heterocycles. The molecule has 2 rings (SSSR count). The van der Waals surface area contributed by atoms with E-state index in [1.807, 2.05) is 18.2 Å². The summed E-state index contributed by atoms with van der Waals surface area (Å²) in [5.41, 5.74) is 3.43. The maximum Gasteiger partial charge on any atom is 0.115 e. The van der Waals surface area contributed by atoms with E-state index >= 15 is 0 Å². The van der Waals surface area contributed by atoms with E-state index in [2.05, 4.69) is 12.2 Å². The number of aryl methyl sites for hydroxylation is 1. The highest BCUT2D eigenvalue weighted by molar-refractivity contribution is 5.34. The van der Waals surface area contributed by atoms with Crippen LogP contribution >= 0.6 is 0 Å². The first kappa shape index (κ1) is 10.6. The third-order valence-electron chi connectivity index (χ3n) is 3.23. The molecule has 0 aliphatic carbocycles. The highest BCUT2D eigenvalue weighted by Gasteiger charge is 2.16. The minimum atomic E-state index is -0.354. The smallest absolute Gasteiger partial charge is 0.115 e. The summed E-state index contributed by atoms with van der Waals surface area (Å²) >= 11 is 0. The maximum absolute atomic E-state index is 12.6. The molecule has 1 saturated heterocycles. The average Bonchev–Trinajstić information content (AvgIpc) is 2.31. The van der Waals surface area contributed by atoms with Crippen molar-refractivity contribution in [1.82, 2.24) is 5.32 Å². The van der Waals surface area contributed by atoms with Gasteiger partial charge in [0.15, 0.2) is 0 Å². The Morgan fingerprint density at radius 1 is 1.47 bits per heavy atom. The summed E-state index contributed by atoms with van der Waals surface area (Å²) in [6, 6.07) is 5.96. The van der Waals surface area contributed by atoms with Crippen molar-refractivity contribution in [3.63, 3.8) is 0 Å². The summed E-state index contributed by atoms with van der Waals surface area (Å²) in [4.78, 5) is 0. The van der Waals surface area contributed by atoms with Crippen LogP contribution in [0.1, 0.15) is 35.4 Å². The summed E-state index contributed by atoms with van der Waals surface area (Å²) in [5, 5.41) is 3.40. The number of alkyl halides is 1. The third kappa shape index (κ3) is 2.37. The number of benzene rings is 1. The lowest BCUT2D eigenvalue weighted by Crippen LogP contribution is -2.28. The Labute approximate surface area is 90.7 Å². The summed E-state index contributed by atoms with van der Waals surface area (Å²) in [5.74, 6) is 0.574. The third-order valence-corrected chi connectivity index (χ3v) is 3.23. The van der Waals surface area contributed by atoms with Crippen molar-refractivity contribution in [2.45, 2.75) is 32.4 Å². The molecule has 2 heteroatoms. The number of piperidine rings is 1. The molecule has 0 radical (unpaired) electrons. The van der Waals surface area contributed by atoms with Gasteiger partial charge in [0.05, 0.1) is 0 Å². The van der Waals surface area contributed by atoms with E-state index in [9.17, 15) is 4.39 Å². The van der Waals surface area contributed by atoms with Gasteiger partial charge >= 0.3 is 0 Å². The molecule has 1 fully saturated rings. The van der Waals surface area contributed by atoms with Gasteiger partial charge in [0, 0.05) is 6.54 Å². The molecule has 1 aromatic rings. The maximum atomic E-state index is 12.6. The van der Waals surface area contributed by atoms with Crippen LogP contribution in [0.3, 0.4) is 0 Å². The van der Waals surface area contributed by atoms with Gasteiger partial charge in [0.2, 0.25) is 0 Å². The van der Waals surface area contributed by atoms with Crippen LogP contribution in [0.25, 0.3) is 0 Å². The van der Waals surface area contributed by atoms with Crippen LogP contribution in [-0.2, 0) is 6.67 Å². The van der Waals surface area contributed by atoms with Gasteiger partial charge in [-0.15, -0.1) is 0 Å². The highest BCUT2D eigenvalue weighted by Crippen LogP contribution is 2.27. The zero-order valence-corrected chi connectivity index (χ0v) is 9.22. The van der Waals surface area contributed by atoms with E-state index in [0.717, 1.165) is 18.7 Å². The van der Waals surface area contributed by atoms with Crippen molar-refractivity contribution in [2.24, 2.45) is 0 Å². The molecule has 1 N–H and O–H groups in total. The van der Waals surface area contributed by atoms with Crippen LogP contribution in [0, 0.1) is 6.92 Å². The first-order valence-electron chi connectivity index (χ1n) is 5.67. The molecule has 1 aromatic carbocycles. The molecule has 0 spiro atoms. The predicted octanol–water partition coefficient (Wildman–Crippen LogP) is 2.93. The molecule has 82 valence electrons. The molecular formula is C13H18FN. The van der Waals surface area contributed by atoms with E-state index in [-0.39, 0.29) is 6.67 Å². The zero-order valence-electron chi connectivity index (χ0n) is 9.22. The lowest BCUT2D eigenvalue weighted by molar-refractivity contribution is 0.457. The normalized spacial score (nSPS) is 21.6. The molecule has 0 saturated carbocycles. The second kappa shape index (κ2) is 4.75. The zero-order chi connectivity index (χ0) is 10.7. The van der Waals surface area contributed by atoms with Crippen molar-refractivity contribution in [2.75, 3.05) is 13.1 Å². The number of hydrogen-bond donors (Lipinski definition) is 1. The quantitative estimate of drug-likeness (QED) is 0.786. The van der Waals surface area contributed by atoms with Crippen molar-refractivity contribution in [1.29, 1.82) is 0 Å². The van der Waals surface area contributed by atoms with Crippen LogP contribution < -0.4 is 5.32 Å². The molecule has 1 aliphatic rings. The SMILES string of the molecule is Cc1ccc(CF)cc1C1CCCNC1. The van der Waals surface area contributed by atoms with Gasteiger partial charge < -0.3 is 5.32 Å². The van der Waals surface area contributed by atoms with E-state index in [0.29, 0.717) is 5.92 Å². The van der Waals surface area contributed by atoms with E-state index in [4.69, 9.17) is 0 Å². The van der Waals surface area contributed by atoms with Gasteiger partial charge in [-0.1, -0.05) is 18.2 Å². The van der Waals surface area contributed by atoms with Crippen LogP contribution in [0.5, 0.6) is 0 Å². The Kier molecular flexibility index (Phi) is 3.37. The molecule has 1 heterocycles. The molecule has 1 unspecified atom stereocenters.